The minimum atomic E-state index is -0.854. The summed E-state index contributed by atoms with van der Waals surface area (Å²) in [6, 6.07) is 0. The van der Waals surface area contributed by atoms with Crippen molar-refractivity contribution in [3.8, 4) is 0 Å². The van der Waals surface area contributed by atoms with E-state index in [9.17, 15) is 5.11 Å². The molecule has 0 aliphatic heterocycles. The van der Waals surface area contributed by atoms with Gasteiger partial charge in [0.15, 0.2) is 0 Å². The summed E-state index contributed by atoms with van der Waals surface area (Å²) >= 11 is 0. The van der Waals surface area contributed by atoms with Gasteiger partial charge in [-0.2, -0.15) is 0 Å². The molecule has 0 unspecified atom stereocenters. The Morgan fingerprint density at radius 1 is 1.67 bits per heavy atom. The Labute approximate surface area is 54.0 Å². The van der Waals surface area contributed by atoms with Crippen molar-refractivity contribution in [1.82, 2.24) is 9.55 Å². The average Bonchev–Trinajstić information content (AvgIpc) is 2.08. The van der Waals surface area contributed by atoms with Gasteiger partial charge in [-0.1, -0.05) is 0 Å². The van der Waals surface area contributed by atoms with Gasteiger partial charge in [0.05, 0.1) is 6.33 Å². The molecule has 0 aliphatic carbocycles. The number of hydrogen-bond acceptors (Lipinski definition) is 2. The van der Waals surface area contributed by atoms with Crippen molar-refractivity contribution in [3.05, 3.63) is 18.7 Å². The van der Waals surface area contributed by atoms with E-state index < -0.39 is 5.72 Å². The van der Waals surface area contributed by atoms with Crippen LogP contribution in [0.5, 0.6) is 0 Å². The summed E-state index contributed by atoms with van der Waals surface area (Å²) < 4.78 is 1.58. The lowest BCUT2D eigenvalue weighted by Crippen LogP contribution is -2.23. The highest BCUT2D eigenvalue weighted by Gasteiger charge is 2.12. The van der Waals surface area contributed by atoms with Crippen LogP contribution in [0.25, 0.3) is 0 Å². The highest BCUT2D eigenvalue weighted by molar-refractivity contribution is 4.77. The summed E-state index contributed by atoms with van der Waals surface area (Å²) in [5.41, 5.74) is -0.854. The van der Waals surface area contributed by atoms with Crippen molar-refractivity contribution >= 4 is 0 Å². The Morgan fingerprint density at radius 2 is 2.33 bits per heavy atom. The first-order valence-corrected chi connectivity index (χ1v) is 2.73. The van der Waals surface area contributed by atoms with E-state index >= 15 is 0 Å². The van der Waals surface area contributed by atoms with Gasteiger partial charge in [0, 0.05) is 6.20 Å². The summed E-state index contributed by atoms with van der Waals surface area (Å²) in [5.74, 6) is 0. The second kappa shape index (κ2) is 1.84. The van der Waals surface area contributed by atoms with Crippen LogP contribution in [0, 0.1) is 6.20 Å². The normalized spacial score (nSPS) is 11.9. The summed E-state index contributed by atoms with van der Waals surface area (Å²) in [4.78, 5) is 3.67. The SMILES string of the molecule is CC(C)(O)n1c[c]nc1. The van der Waals surface area contributed by atoms with Crippen LogP contribution in [0.1, 0.15) is 13.8 Å². The van der Waals surface area contributed by atoms with E-state index in [0.29, 0.717) is 0 Å². The first-order valence-electron chi connectivity index (χ1n) is 2.73. The highest BCUT2D eigenvalue weighted by Crippen LogP contribution is 2.07. The molecule has 0 aromatic carbocycles. The van der Waals surface area contributed by atoms with Crippen LogP contribution in [0.4, 0.5) is 0 Å². The van der Waals surface area contributed by atoms with E-state index in [1.165, 1.54) is 6.33 Å². The topological polar surface area (TPSA) is 38.0 Å². The van der Waals surface area contributed by atoms with Gasteiger partial charge >= 0.3 is 0 Å². The van der Waals surface area contributed by atoms with Crippen molar-refractivity contribution in [2.45, 2.75) is 19.6 Å². The van der Waals surface area contributed by atoms with E-state index in [4.69, 9.17) is 0 Å². The Kier molecular flexibility index (Phi) is 1.29. The molecule has 1 N–H and O–H groups in total. The van der Waals surface area contributed by atoms with E-state index in [1.54, 1.807) is 24.6 Å². The number of imidazole rings is 1. The summed E-state index contributed by atoms with van der Waals surface area (Å²) in [6.45, 7) is 3.37. The number of hydrogen-bond donors (Lipinski definition) is 1. The van der Waals surface area contributed by atoms with Crippen molar-refractivity contribution in [1.29, 1.82) is 0 Å². The van der Waals surface area contributed by atoms with Crippen LogP contribution in [0.15, 0.2) is 12.5 Å². The molecule has 0 saturated heterocycles. The third-order valence-corrected chi connectivity index (χ3v) is 1.09. The van der Waals surface area contributed by atoms with E-state index in [0.717, 1.165) is 0 Å². The van der Waals surface area contributed by atoms with Gasteiger partial charge in [0.2, 0.25) is 0 Å². The Bertz CT molecular complexity index is 173. The van der Waals surface area contributed by atoms with Gasteiger partial charge < -0.3 is 9.67 Å². The van der Waals surface area contributed by atoms with E-state index in [-0.39, 0.29) is 0 Å². The van der Waals surface area contributed by atoms with Gasteiger partial charge in [0.25, 0.3) is 0 Å². The molecule has 0 saturated carbocycles. The molecule has 3 nitrogen and oxygen atoms in total. The van der Waals surface area contributed by atoms with Crippen LogP contribution in [0.2, 0.25) is 0 Å². The molecule has 0 fully saturated rings. The van der Waals surface area contributed by atoms with Crippen molar-refractivity contribution < 1.29 is 5.11 Å². The van der Waals surface area contributed by atoms with Crippen LogP contribution < -0.4 is 0 Å². The first kappa shape index (κ1) is 6.29. The first-order chi connectivity index (χ1) is 4.11. The lowest BCUT2D eigenvalue weighted by molar-refractivity contribution is 0.00164. The largest absolute Gasteiger partial charge is 0.371 e. The van der Waals surface area contributed by atoms with Gasteiger partial charge in [-0.15, -0.1) is 0 Å². The molecule has 1 rings (SSSR count). The van der Waals surface area contributed by atoms with Crippen LogP contribution in [-0.4, -0.2) is 14.7 Å². The number of rotatable bonds is 1. The fourth-order valence-electron chi connectivity index (χ4n) is 0.524. The maximum Gasteiger partial charge on any atom is 0.136 e. The molecule has 0 atom stereocenters. The molecule has 49 valence electrons. The lowest BCUT2D eigenvalue weighted by atomic mass is 10.3. The number of nitrogens with zero attached hydrogens (tertiary/aromatic N) is 2. The third kappa shape index (κ3) is 1.29. The minimum absolute atomic E-state index is 0.854. The lowest BCUT2D eigenvalue weighted by Gasteiger charge is -2.17. The molecule has 0 aliphatic rings. The number of aromatic nitrogens is 2. The fraction of sp³-hybridized carbons (Fsp3) is 0.500. The second-order valence-corrected chi connectivity index (χ2v) is 2.40. The molecular formula is C6H9N2O. The molecule has 0 bridgehead atoms. The minimum Gasteiger partial charge on any atom is -0.371 e. The Hall–Kier alpha value is -0.830. The molecule has 1 heterocycles. The van der Waals surface area contributed by atoms with Gasteiger partial charge in [-0.3, -0.25) is 0 Å². The zero-order chi connectivity index (χ0) is 6.91. The Balaban J connectivity index is 2.90. The molecule has 1 radical (unpaired) electrons. The van der Waals surface area contributed by atoms with Crippen LogP contribution >= 0.6 is 0 Å². The highest BCUT2D eigenvalue weighted by atomic mass is 16.3. The maximum absolute atomic E-state index is 9.28. The molecular weight excluding hydrogens is 116 g/mol. The third-order valence-electron chi connectivity index (χ3n) is 1.09. The Morgan fingerprint density at radius 3 is 2.56 bits per heavy atom. The summed E-state index contributed by atoms with van der Waals surface area (Å²) in [5, 5.41) is 9.28. The predicted octanol–water partition coefficient (Wildman–Crippen LogP) is 0.368. The molecule has 0 spiro atoms. The van der Waals surface area contributed by atoms with Crippen molar-refractivity contribution in [3.63, 3.8) is 0 Å². The molecule has 1 aromatic heterocycles. The van der Waals surface area contributed by atoms with Crippen molar-refractivity contribution in [2.75, 3.05) is 0 Å². The average molecular weight is 125 g/mol. The van der Waals surface area contributed by atoms with Gasteiger partial charge in [-0.25, -0.2) is 4.98 Å². The fourth-order valence-corrected chi connectivity index (χ4v) is 0.524. The predicted molar refractivity (Wildman–Crippen MR) is 32.6 cm³/mol. The van der Waals surface area contributed by atoms with Gasteiger partial charge in [0.1, 0.15) is 11.9 Å². The van der Waals surface area contributed by atoms with Crippen LogP contribution in [-0.2, 0) is 5.72 Å². The zero-order valence-corrected chi connectivity index (χ0v) is 5.50. The molecule has 1 aromatic rings. The zero-order valence-electron chi connectivity index (χ0n) is 5.50. The monoisotopic (exact) mass is 125 g/mol. The maximum atomic E-state index is 9.28. The van der Waals surface area contributed by atoms with Crippen molar-refractivity contribution in [2.24, 2.45) is 0 Å². The standard InChI is InChI=1S/C6H9N2O/c1-6(2,9)8-4-3-7-5-8/h4-5,9H,1-2H3. The number of aliphatic hydroxyl groups is 1. The summed E-state index contributed by atoms with van der Waals surface area (Å²) in [7, 11) is 0. The molecule has 0 amide bonds. The molecule has 9 heavy (non-hydrogen) atoms. The smallest absolute Gasteiger partial charge is 0.136 e. The summed E-state index contributed by atoms with van der Waals surface area (Å²) in [6.07, 6.45) is 5.71. The van der Waals surface area contributed by atoms with E-state index in [2.05, 4.69) is 11.2 Å². The quantitative estimate of drug-likeness (QED) is 0.588. The second-order valence-electron chi connectivity index (χ2n) is 2.40. The molecule has 3 heteroatoms. The van der Waals surface area contributed by atoms with Crippen LogP contribution in [0.3, 0.4) is 0 Å². The van der Waals surface area contributed by atoms with E-state index in [1.807, 2.05) is 0 Å². The van der Waals surface area contributed by atoms with Gasteiger partial charge in [-0.05, 0) is 13.8 Å².